The van der Waals surface area contributed by atoms with Gasteiger partial charge in [0.2, 0.25) is 5.91 Å². The maximum absolute atomic E-state index is 12.9. The monoisotopic (exact) mass is 404 g/mol. The zero-order valence-corrected chi connectivity index (χ0v) is 17.6. The van der Waals surface area contributed by atoms with E-state index in [-0.39, 0.29) is 36.2 Å². The van der Waals surface area contributed by atoms with Gasteiger partial charge in [-0.3, -0.25) is 9.59 Å². The van der Waals surface area contributed by atoms with E-state index in [1.807, 2.05) is 32.0 Å². The molecule has 0 saturated carbocycles. The Kier molecular flexibility index (Phi) is 7.14. The summed E-state index contributed by atoms with van der Waals surface area (Å²) in [6, 6.07) is 7.45. The number of piperidine rings is 1. The minimum Gasteiger partial charge on any atom is -0.489 e. The quantitative estimate of drug-likeness (QED) is 0.788. The molecule has 2 amide bonds. The number of benzene rings is 1. The number of hydrogen-bond donors (Lipinski definition) is 1. The molecule has 0 radical (unpaired) electrons. The fourth-order valence-electron chi connectivity index (χ4n) is 3.99. The lowest BCUT2D eigenvalue weighted by atomic mass is 9.93. The summed E-state index contributed by atoms with van der Waals surface area (Å²) in [6.45, 7) is 6.13. The second kappa shape index (κ2) is 9.59. The van der Waals surface area contributed by atoms with Crippen LogP contribution in [0.4, 0.5) is 0 Å². The van der Waals surface area contributed by atoms with Gasteiger partial charge in [0.25, 0.3) is 5.91 Å². The van der Waals surface area contributed by atoms with Crippen molar-refractivity contribution >= 4 is 11.8 Å². The number of amides is 2. The van der Waals surface area contributed by atoms with Gasteiger partial charge in [-0.15, -0.1) is 0 Å². The van der Waals surface area contributed by atoms with Gasteiger partial charge in [-0.1, -0.05) is 12.1 Å². The van der Waals surface area contributed by atoms with E-state index in [9.17, 15) is 9.59 Å². The predicted molar refractivity (Wildman–Crippen MR) is 109 cm³/mol. The third kappa shape index (κ3) is 5.93. The molecule has 1 N–H and O–H groups in total. The topological polar surface area (TPSA) is 77.1 Å². The Morgan fingerprint density at radius 3 is 2.62 bits per heavy atom. The maximum atomic E-state index is 12.9. The van der Waals surface area contributed by atoms with Gasteiger partial charge in [0, 0.05) is 45.7 Å². The SMILES string of the molecule is COCC(=O)N1CCC(Oc2ccccc2C(=O)NC2CCOC(C)(C)C2)CC1. The molecule has 29 heavy (non-hydrogen) atoms. The lowest BCUT2D eigenvalue weighted by Crippen LogP contribution is -2.46. The van der Waals surface area contributed by atoms with Crippen LogP contribution in [0.3, 0.4) is 0 Å². The van der Waals surface area contributed by atoms with Crippen molar-refractivity contribution in [2.45, 2.75) is 57.3 Å². The number of likely N-dealkylation sites (tertiary alicyclic amines) is 1. The molecule has 2 aliphatic rings. The largest absolute Gasteiger partial charge is 0.489 e. The predicted octanol–water partition coefficient (Wildman–Crippen LogP) is 2.39. The molecule has 0 spiro atoms. The molecule has 7 nitrogen and oxygen atoms in total. The molecule has 0 bridgehead atoms. The highest BCUT2D eigenvalue weighted by atomic mass is 16.5. The molecule has 1 aromatic rings. The number of carbonyl (C=O) groups excluding carboxylic acids is 2. The highest BCUT2D eigenvalue weighted by Crippen LogP contribution is 2.26. The number of rotatable bonds is 6. The van der Waals surface area contributed by atoms with Crippen LogP contribution in [-0.4, -0.2) is 67.9 Å². The molecular weight excluding hydrogens is 372 g/mol. The number of hydrogen-bond acceptors (Lipinski definition) is 5. The van der Waals surface area contributed by atoms with Crippen LogP contribution < -0.4 is 10.1 Å². The van der Waals surface area contributed by atoms with Crippen molar-refractivity contribution in [3.05, 3.63) is 29.8 Å². The molecule has 1 unspecified atom stereocenters. The van der Waals surface area contributed by atoms with E-state index in [0.717, 1.165) is 25.7 Å². The van der Waals surface area contributed by atoms with Gasteiger partial charge in [-0.2, -0.15) is 0 Å². The van der Waals surface area contributed by atoms with E-state index in [4.69, 9.17) is 14.2 Å². The second-order valence-corrected chi connectivity index (χ2v) is 8.40. The smallest absolute Gasteiger partial charge is 0.255 e. The highest BCUT2D eigenvalue weighted by molar-refractivity contribution is 5.97. The zero-order valence-electron chi connectivity index (χ0n) is 17.6. The van der Waals surface area contributed by atoms with Crippen LogP contribution in [0.15, 0.2) is 24.3 Å². The fourth-order valence-corrected chi connectivity index (χ4v) is 3.99. The van der Waals surface area contributed by atoms with E-state index in [0.29, 0.717) is 31.0 Å². The molecule has 1 atom stereocenters. The summed E-state index contributed by atoms with van der Waals surface area (Å²) in [6.07, 6.45) is 3.05. The van der Waals surface area contributed by atoms with Gasteiger partial charge in [0.1, 0.15) is 18.5 Å². The van der Waals surface area contributed by atoms with Crippen LogP contribution >= 0.6 is 0 Å². The summed E-state index contributed by atoms with van der Waals surface area (Å²) >= 11 is 0. The van der Waals surface area contributed by atoms with Crippen LogP contribution in [-0.2, 0) is 14.3 Å². The molecule has 1 aromatic carbocycles. The van der Waals surface area contributed by atoms with E-state index >= 15 is 0 Å². The Bertz CT molecular complexity index is 713. The number of methoxy groups -OCH3 is 1. The maximum Gasteiger partial charge on any atom is 0.255 e. The van der Waals surface area contributed by atoms with Crippen LogP contribution in [0.2, 0.25) is 0 Å². The van der Waals surface area contributed by atoms with E-state index in [2.05, 4.69) is 5.32 Å². The fraction of sp³-hybridized carbons (Fsp3) is 0.636. The first-order valence-electron chi connectivity index (χ1n) is 10.3. The van der Waals surface area contributed by atoms with Gasteiger partial charge < -0.3 is 24.4 Å². The van der Waals surface area contributed by atoms with Crippen molar-refractivity contribution in [2.24, 2.45) is 0 Å². The normalized spacial score (nSPS) is 22.2. The van der Waals surface area contributed by atoms with Crippen molar-refractivity contribution in [3.63, 3.8) is 0 Å². The number of ether oxygens (including phenoxy) is 3. The van der Waals surface area contributed by atoms with Gasteiger partial charge in [-0.05, 0) is 38.8 Å². The van der Waals surface area contributed by atoms with Crippen LogP contribution in [0.5, 0.6) is 5.75 Å². The molecule has 2 fully saturated rings. The average Bonchev–Trinajstić information content (AvgIpc) is 2.68. The van der Waals surface area contributed by atoms with Crippen molar-refractivity contribution < 1.29 is 23.8 Å². The summed E-state index contributed by atoms with van der Waals surface area (Å²) in [5, 5.41) is 3.14. The van der Waals surface area contributed by atoms with Gasteiger partial charge in [-0.25, -0.2) is 0 Å². The Morgan fingerprint density at radius 2 is 1.93 bits per heavy atom. The lowest BCUT2D eigenvalue weighted by Gasteiger charge is -2.36. The Hall–Kier alpha value is -2.12. The summed E-state index contributed by atoms with van der Waals surface area (Å²) in [4.78, 5) is 26.6. The van der Waals surface area contributed by atoms with E-state index in [1.54, 1.807) is 11.0 Å². The molecular formula is C22H32N2O5. The standard InChI is InChI=1S/C22H32N2O5/c1-22(2)14-16(10-13-28-22)23-21(26)18-6-4-5-7-19(18)29-17-8-11-24(12-9-17)20(25)15-27-3/h4-7,16-17H,8-15H2,1-3H3,(H,23,26). The molecule has 0 aliphatic carbocycles. The van der Waals surface area contributed by atoms with Crippen LogP contribution in [0.25, 0.3) is 0 Å². The molecule has 3 rings (SSSR count). The molecule has 160 valence electrons. The first-order chi connectivity index (χ1) is 13.9. The lowest BCUT2D eigenvalue weighted by molar-refractivity contribution is -0.136. The Labute approximate surface area is 172 Å². The molecule has 2 saturated heterocycles. The molecule has 7 heteroatoms. The minimum atomic E-state index is -0.222. The summed E-state index contributed by atoms with van der Waals surface area (Å²) in [7, 11) is 1.52. The zero-order chi connectivity index (χ0) is 20.9. The number of nitrogens with zero attached hydrogens (tertiary/aromatic N) is 1. The molecule has 2 heterocycles. The minimum absolute atomic E-state index is 0.00473. The number of para-hydroxylation sites is 1. The first-order valence-corrected chi connectivity index (χ1v) is 10.3. The molecule has 2 aliphatic heterocycles. The van der Waals surface area contributed by atoms with Gasteiger partial charge >= 0.3 is 0 Å². The van der Waals surface area contributed by atoms with Crippen molar-refractivity contribution in [3.8, 4) is 5.75 Å². The van der Waals surface area contributed by atoms with Crippen LogP contribution in [0.1, 0.15) is 49.9 Å². The second-order valence-electron chi connectivity index (χ2n) is 8.40. The Balaban J connectivity index is 1.58. The molecule has 0 aromatic heterocycles. The van der Waals surface area contributed by atoms with Crippen molar-refractivity contribution in [2.75, 3.05) is 33.4 Å². The van der Waals surface area contributed by atoms with Gasteiger partial charge in [0.15, 0.2) is 0 Å². The van der Waals surface area contributed by atoms with Crippen molar-refractivity contribution in [1.29, 1.82) is 0 Å². The summed E-state index contributed by atoms with van der Waals surface area (Å²) in [5.74, 6) is 0.485. The van der Waals surface area contributed by atoms with Crippen molar-refractivity contribution in [1.82, 2.24) is 10.2 Å². The van der Waals surface area contributed by atoms with E-state index < -0.39 is 0 Å². The average molecular weight is 405 g/mol. The van der Waals surface area contributed by atoms with Crippen LogP contribution in [0, 0.1) is 0 Å². The van der Waals surface area contributed by atoms with E-state index in [1.165, 1.54) is 7.11 Å². The Morgan fingerprint density at radius 1 is 1.21 bits per heavy atom. The highest BCUT2D eigenvalue weighted by Gasteiger charge is 2.30. The number of nitrogens with one attached hydrogen (secondary N) is 1. The number of carbonyl (C=O) groups is 2. The third-order valence-electron chi connectivity index (χ3n) is 5.52. The first kappa shape index (κ1) is 21.6. The summed E-state index contributed by atoms with van der Waals surface area (Å²) < 4.78 is 16.8. The third-order valence-corrected chi connectivity index (χ3v) is 5.52. The van der Waals surface area contributed by atoms with Gasteiger partial charge in [0.05, 0.1) is 11.2 Å². The summed E-state index contributed by atoms with van der Waals surface area (Å²) in [5.41, 5.74) is 0.329.